The summed E-state index contributed by atoms with van der Waals surface area (Å²) in [5.41, 5.74) is 5.84. The summed E-state index contributed by atoms with van der Waals surface area (Å²) in [7, 11) is 4.74. The topological polar surface area (TPSA) is 91.1 Å². The monoisotopic (exact) mass is 475 g/mol. The van der Waals surface area contributed by atoms with E-state index in [1.807, 2.05) is 48.7 Å². The molecule has 0 unspecified atom stereocenters. The molecular formula is C24H22ClN7O2. The largest absolute Gasteiger partial charge is 0.342 e. The third kappa shape index (κ3) is 3.60. The number of aryl methyl sites for hydroxylation is 2. The molecule has 34 heavy (non-hydrogen) atoms. The van der Waals surface area contributed by atoms with Crippen molar-refractivity contribution < 1.29 is 0 Å². The Balaban J connectivity index is 1.48. The van der Waals surface area contributed by atoms with E-state index in [-0.39, 0.29) is 0 Å². The molecule has 0 fully saturated rings. The lowest BCUT2D eigenvalue weighted by Gasteiger charge is -2.05. The molecule has 0 amide bonds. The fourth-order valence-corrected chi connectivity index (χ4v) is 4.20. The summed E-state index contributed by atoms with van der Waals surface area (Å²) < 4.78 is 6.16. The molecule has 0 saturated heterocycles. The second-order valence-corrected chi connectivity index (χ2v) is 8.53. The maximum absolute atomic E-state index is 12.6. The lowest BCUT2D eigenvalue weighted by atomic mass is 10.2. The van der Waals surface area contributed by atoms with Crippen molar-refractivity contribution in [1.29, 1.82) is 0 Å². The van der Waals surface area contributed by atoms with E-state index in [2.05, 4.69) is 26.1 Å². The maximum Gasteiger partial charge on any atom is 0.332 e. The Morgan fingerprint density at radius 2 is 1.74 bits per heavy atom. The van der Waals surface area contributed by atoms with E-state index in [1.165, 1.54) is 11.6 Å². The molecule has 5 rings (SSSR count). The highest BCUT2D eigenvalue weighted by molar-refractivity contribution is 6.30. The van der Waals surface area contributed by atoms with Gasteiger partial charge in [-0.05, 0) is 23.8 Å². The van der Waals surface area contributed by atoms with Crippen LogP contribution in [0.4, 0.5) is 5.95 Å². The van der Waals surface area contributed by atoms with E-state index in [1.54, 1.807) is 24.9 Å². The summed E-state index contributed by atoms with van der Waals surface area (Å²) in [6.07, 6.45) is 3.76. The van der Waals surface area contributed by atoms with Crippen molar-refractivity contribution in [1.82, 2.24) is 23.3 Å². The van der Waals surface area contributed by atoms with Crippen LogP contribution in [0, 0.1) is 0 Å². The van der Waals surface area contributed by atoms with Crippen LogP contribution in [0.15, 0.2) is 69.4 Å². The van der Waals surface area contributed by atoms with Crippen molar-refractivity contribution in [3.8, 4) is 0 Å². The van der Waals surface area contributed by atoms with Gasteiger partial charge in [-0.2, -0.15) is 10.1 Å². The number of halogens is 1. The maximum atomic E-state index is 12.6. The van der Waals surface area contributed by atoms with Crippen LogP contribution in [0.3, 0.4) is 0 Å². The second-order valence-electron chi connectivity index (χ2n) is 8.10. The highest BCUT2D eigenvalue weighted by Crippen LogP contribution is 2.22. The van der Waals surface area contributed by atoms with Crippen LogP contribution in [-0.4, -0.2) is 29.5 Å². The standard InChI is InChI=1S/C24H22ClN7O2/c1-29-20-21(30(2)24(34)31(3)22(20)33)27-23(29)28-26-12-16-14-32(19-7-5-4-6-18(16)19)13-15-8-10-17(25)11-9-15/h4-12,14H,13H2,1-3H3,(H,27,28)/b26-12+. The molecule has 0 saturated carbocycles. The number of hydrogen-bond donors (Lipinski definition) is 1. The average Bonchev–Trinajstić information content (AvgIpc) is 3.36. The molecule has 0 spiro atoms. The lowest BCUT2D eigenvalue weighted by Crippen LogP contribution is -2.37. The Morgan fingerprint density at radius 1 is 1.00 bits per heavy atom. The van der Waals surface area contributed by atoms with Gasteiger partial charge in [-0.1, -0.05) is 41.9 Å². The Kier molecular flexibility index (Phi) is 5.33. The highest BCUT2D eigenvalue weighted by atomic mass is 35.5. The van der Waals surface area contributed by atoms with E-state index in [9.17, 15) is 9.59 Å². The number of hydrazone groups is 1. The fourth-order valence-electron chi connectivity index (χ4n) is 4.07. The molecule has 172 valence electrons. The molecule has 3 heterocycles. The summed E-state index contributed by atoms with van der Waals surface area (Å²) in [5, 5.41) is 6.14. The number of nitrogens with zero attached hydrogens (tertiary/aromatic N) is 6. The minimum atomic E-state index is -0.431. The van der Waals surface area contributed by atoms with Gasteiger partial charge >= 0.3 is 5.69 Å². The molecule has 5 aromatic rings. The summed E-state index contributed by atoms with van der Waals surface area (Å²) in [6.45, 7) is 0.695. The number of nitrogens with one attached hydrogen (secondary N) is 1. The van der Waals surface area contributed by atoms with Crippen molar-refractivity contribution in [2.45, 2.75) is 6.54 Å². The van der Waals surface area contributed by atoms with Crippen LogP contribution in [-0.2, 0) is 27.7 Å². The van der Waals surface area contributed by atoms with Crippen molar-refractivity contribution in [2.75, 3.05) is 5.43 Å². The van der Waals surface area contributed by atoms with E-state index >= 15 is 0 Å². The zero-order valence-electron chi connectivity index (χ0n) is 18.9. The first-order valence-electron chi connectivity index (χ1n) is 10.6. The molecule has 0 radical (unpaired) electrons. The van der Waals surface area contributed by atoms with Gasteiger partial charge in [0.15, 0.2) is 11.2 Å². The predicted molar refractivity (Wildman–Crippen MR) is 135 cm³/mol. The molecular weight excluding hydrogens is 454 g/mol. The SMILES string of the molecule is Cn1c(=O)c2c(nc(N/N=C/c3cn(Cc4ccc(Cl)cc4)c4ccccc34)n2C)n(C)c1=O. The molecule has 3 aromatic heterocycles. The predicted octanol–water partition coefficient (Wildman–Crippen LogP) is 3.07. The number of anilines is 1. The van der Waals surface area contributed by atoms with Crippen LogP contribution in [0.5, 0.6) is 0 Å². The smallest absolute Gasteiger partial charge is 0.332 e. The number of imidazole rings is 1. The summed E-state index contributed by atoms with van der Waals surface area (Å²) in [5.74, 6) is 0.356. The molecule has 1 N–H and O–H groups in total. The molecule has 9 nitrogen and oxygen atoms in total. The molecule has 0 aliphatic rings. The van der Waals surface area contributed by atoms with Crippen molar-refractivity contribution in [3.05, 3.63) is 91.7 Å². The van der Waals surface area contributed by atoms with Crippen molar-refractivity contribution in [3.63, 3.8) is 0 Å². The quantitative estimate of drug-likeness (QED) is 0.312. The van der Waals surface area contributed by atoms with E-state index in [0.29, 0.717) is 28.7 Å². The number of fused-ring (bicyclic) bond motifs is 2. The third-order valence-corrected chi connectivity index (χ3v) is 6.18. The molecule has 2 aromatic carbocycles. The number of aromatic nitrogens is 5. The van der Waals surface area contributed by atoms with Gasteiger partial charge in [0.1, 0.15) is 0 Å². The van der Waals surface area contributed by atoms with Gasteiger partial charge in [0.2, 0.25) is 5.95 Å². The van der Waals surface area contributed by atoms with E-state index in [0.717, 1.165) is 26.6 Å². The van der Waals surface area contributed by atoms with Crippen LogP contribution in [0.1, 0.15) is 11.1 Å². The second kappa shape index (κ2) is 8.35. The van der Waals surface area contributed by atoms with Gasteiger partial charge in [0, 0.05) is 55.4 Å². The zero-order chi connectivity index (χ0) is 24.0. The number of hydrogen-bond acceptors (Lipinski definition) is 5. The Morgan fingerprint density at radius 3 is 2.50 bits per heavy atom. The molecule has 0 atom stereocenters. The van der Waals surface area contributed by atoms with Crippen LogP contribution in [0.25, 0.3) is 22.1 Å². The summed E-state index contributed by atoms with van der Waals surface area (Å²) >= 11 is 6.02. The fraction of sp³-hybridized carbons (Fsp3) is 0.167. The first-order valence-corrected chi connectivity index (χ1v) is 11.0. The number of benzene rings is 2. The minimum Gasteiger partial charge on any atom is -0.342 e. The van der Waals surface area contributed by atoms with Gasteiger partial charge in [-0.3, -0.25) is 13.9 Å². The molecule has 0 bridgehead atoms. The molecule has 10 heteroatoms. The molecule has 0 aliphatic heterocycles. The summed E-state index contributed by atoms with van der Waals surface area (Å²) in [6, 6.07) is 15.9. The van der Waals surface area contributed by atoms with Crippen LogP contribution >= 0.6 is 11.6 Å². The van der Waals surface area contributed by atoms with E-state index < -0.39 is 11.2 Å². The van der Waals surface area contributed by atoms with Crippen LogP contribution in [0.2, 0.25) is 5.02 Å². The third-order valence-electron chi connectivity index (χ3n) is 5.93. The first-order chi connectivity index (χ1) is 16.3. The first kappa shape index (κ1) is 21.7. The highest BCUT2D eigenvalue weighted by Gasteiger charge is 2.16. The van der Waals surface area contributed by atoms with Gasteiger partial charge in [0.25, 0.3) is 5.56 Å². The Labute approximate surface area is 199 Å². The number of rotatable bonds is 5. The Bertz CT molecular complexity index is 1690. The van der Waals surface area contributed by atoms with Gasteiger partial charge < -0.3 is 9.13 Å². The van der Waals surface area contributed by atoms with Gasteiger partial charge in [-0.15, -0.1) is 0 Å². The van der Waals surface area contributed by atoms with E-state index in [4.69, 9.17) is 11.6 Å². The summed E-state index contributed by atoms with van der Waals surface area (Å²) in [4.78, 5) is 29.2. The average molecular weight is 476 g/mol. The number of para-hydroxylation sites is 1. The van der Waals surface area contributed by atoms with Crippen molar-refractivity contribution in [2.24, 2.45) is 26.2 Å². The lowest BCUT2D eigenvalue weighted by molar-refractivity contribution is 0.705. The minimum absolute atomic E-state index is 0.299. The van der Waals surface area contributed by atoms with Crippen molar-refractivity contribution >= 4 is 45.8 Å². The zero-order valence-corrected chi connectivity index (χ0v) is 19.6. The van der Waals surface area contributed by atoms with Gasteiger partial charge in [0.05, 0.1) is 6.21 Å². The van der Waals surface area contributed by atoms with Gasteiger partial charge in [-0.25, -0.2) is 10.2 Å². The Hall–Kier alpha value is -4.11. The van der Waals surface area contributed by atoms with Crippen LogP contribution < -0.4 is 16.7 Å². The molecule has 0 aliphatic carbocycles. The normalized spacial score (nSPS) is 11.8.